The first-order valence-corrected chi connectivity index (χ1v) is 11.7. The predicted octanol–water partition coefficient (Wildman–Crippen LogP) is 4.89. The highest BCUT2D eigenvalue weighted by Gasteiger charge is 2.52. The Hall–Kier alpha value is -3.39. The van der Waals surface area contributed by atoms with Crippen molar-refractivity contribution in [2.45, 2.75) is 45.1 Å². The molecule has 0 unspecified atom stereocenters. The smallest absolute Gasteiger partial charge is 0.259 e. The van der Waals surface area contributed by atoms with Crippen molar-refractivity contribution in [3.05, 3.63) is 65.2 Å². The molecule has 2 aliphatic rings. The maximum atomic E-state index is 13.5. The van der Waals surface area contributed by atoms with Crippen LogP contribution < -0.4 is 10.3 Å². The number of benzene rings is 2. The number of para-hydroxylation sites is 1. The second kappa shape index (κ2) is 8.76. The quantitative estimate of drug-likeness (QED) is 0.577. The third-order valence-corrected chi connectivity index (χ3v) is 7.07. The van der Waals surface area contributed by atoms with Crippen LogP contribution in [0, 0.1) is 11.2 Å². The number of amides is 2. The first-order valence-electron chi connectivity index (χ1n) is 11.3. The highest BCUT2D eigenvalue weighted by Crippen LogP contribution is 2.46. The monoisotopic (exact) mass is 479 g/mol. The van der Waals surface area contributed by atoms with E-state index in [1.165, 1.54) is 23.2 Å². The Bertz CT molecular complexity index is 1310. The van der Waals surface area contributed by atoms with Gasteiger partial charge in [-0.05, 0) is 62.4 Å². The Labute approximate surface area is 201 Å². The van der Waals surface area contributed by atoms with Gasteiger partial charge in [-0.1, -0.05) is 24.6 Å². The van der Waals surface area contributed by atoms with Crippen molar-refractivity contribution in [2.75, 3.05) is 5.01 Å². The lowest BCUT2D eigenvalue weighted by molar-refractivity contribution is -0.125. The fraction of sp³-hybridized carbons (Fsp3) is 0.320. The van der Waals surface area contributed by atoms with Crippen molar-refractivity contribution >= 4 is 45.8 Å². The summed E-state index contributed by atoms with van der Waals surface area (Å²) in [6.45, 7) is 1.97. The molecule has 2 heterocycles. The van der Waals surface area contributed by atoms with E-state index in [2.05, 4.69) is 20.4 Å². The lowest BCUT2D eigenvalue weighted by Crippen LogP contribution is -2.47. The zero-order valence-corrected chi connectivity index (χ0v) is 19.3. The van der Waals surface area contributed by atoms with Crippen LogP contribution in [0.4, 0.5) is 10.1 Å². The van der Waals surface area contributed by atoms with Crippen LogP contribution in [0.3, 0.4) is 0 Å². The first-order chi connectivity index (χ1) is 16.4. The second-order valence-corrected chi connectivity index (χ2v) is 9.08. The summed E-state index contributed by atoms with van der Waals surface area (Å²) in [5.41, 5.74) is 2.16. The van der Waals surface area contributed by atoms with Crippen molar-refractivity contribution in [1.29, 1.82) is 0 Å². The van der Waals surface area contributed by atoms with Gasteiger partial charge in [0.2, 0.25) is 0 Å². The minimum atomic E-state index is -0.724. The van der Waals surface area contributed by atoms with E-state index in [-0.39, 0.29) is 22.9 Å². The van der Waals surface area contributed by atoms with Gasteiger partial charge in [-0.3, -0.25) is 19.6 Å². The number of anilines is 1. The topological polar surface area (TPSA) is 87.5 Å². The number of nitrogens with zero attached hydrogens (tertiary/aromatic N) is 4. The van der Waals surface area contributed by atoms with E-state index >= 15 is 0 Å². The number of carbonyl (C=O) groups excluding carboxylic acids is 2. The van der Waals surface area contributed by atoms with Gasteiger partial charge in [0.1, 0.15) is 11.3 Å². The van der Waals surface area contributed by atoms with Gasteiger partial charge in [-0.25, -0.2) is 4.39 Å². The summed E-state index contributed by atoms with van der Waals surface area (Å²) in [4.78, 5) is 35.1. The van der Waals surface area contributed by atoms with Gasteiger partial charge in [0.25, 0.3) is 11.8 Å². The Balaban J connectivity index is 1.32. The molecule has 2 aromatic carbocycles. The molecule has 34 heavy (non-hydrogen) atoms. The van der Waals surface area contributed by atoms with E-state index in [4.69, 9.17) is 11.6 Å². The van der Waals surface area contributed by atoms with E-state index < -0.39 is 11.2 Å². The highest BCUT2D eigenvalue weighted by atomic mass is 35.5. The van der Waals surface area contributed by atoms with Gasteiger partial charge in [0, 0.05) is 18.4 Å². The molecule has 1 fully saturated rings. The maximum Gasteiger partial charge on any atom is 0.259 e. The van der Waals surface area contributed by atoms with E-state index in [0.29, 0.717) is 54.4 Å². The number of rotatable bonds is 4. The molecule has 1 aromatic heterocycles. The number of fused-ring (bicyclic) bond motifs is 1. The molecular formula is C25H23ClFN5O2. The zero-order valence-electron chi connectivity index (χ0n) is 18.6. The number of hydrogen-bond acceptors (Lipinski definition) is 5. The van der Waals surface area contributed by atoms with E-state index in [0.717, 1.165) is 5.71 Å². The largest absolute Gasteiger partial charge is 0.349 e. The fourth-order valence-corrected chi connectivity index (χ4v) is 5.26. The first kappa shape index (κ1) is 22.4. The number of halogens is 2. The van der Waals surface area contributed by atoms with Gasteiger partial charge in [0.15, 0.2) is 0 Å². The molecule has 5 rings (SSSR count). The maximum absolute atomic E-state index is 13.5. The molecule has 0 bridgehead atoms. The summed E-state index contributed by atoms with van der Waals surface area (Å²) in [6, 6.07) is 9.20. The van der Waals surface area contributed by atoms with Gasteiger partial charge >= 0.3 is 0 Å². The molecule has 1 spiro atoms. The Morgan fingerprint density at radius 2 is 1.97 bits per heavy atom. The Morgan fingerprint density at radius 1 is 1.21 bits per heavy atom. The van der Waals surface area contributed by atoms with E-state index in [9.17, 15) is 14.0 Å². The summed E-state index contributed by atoms with van der Waals surface area (Å²) in [6.07, 6.45) is 6.18. The molecule has 1 aliphatic carbocycles. The standard InChI is InChI=1S/C25H23ClFN5O2/c1-2-21-25(24(34)32(31-21)20-7-6-15(27)14-18(20)26)10-8-16(9-11-25)30-23(33)17-4-3-5-19-22(17)29-13-12-28-19/h3-7,12-14,16H,2,8-11H2,1H3,(H,30,33)/t16-,25-. The fourth-order valence-electron chi connectivity index (χ4n) is 5.01. The number of nitrogens with one attached hydrogen (secondary N) is 1. The molecule has 7 nitrogen and oxygen atoms in total. The van der Waals surface area contributed by atoms with Crippen LogP contribution in [0.5, 0.6) is 0 Å². The Kier molecular flexibility index (Phi) is 5.77. The van der Waals surface area contributed by atoms with Crippen molar-refractivity contribution in [2.24, 2.45) is 10.5 Å². The second-order valence-electron chi connectivity index (χ2n) is 8.67. The summed E-state index contributed by atoms with van der Waals surface area (Å²) in [5, 5.41) is 9.15. The molecular weight excluding hydrogens is 457 g/mol. The van der Waals surface area contributed by atoms with Crippen molar-refractivity contribution in [3.8, 4) is 0 Å². The van der Waals surface area contributed by atoms with E-state index in [1.807, 2.05) is 13.0 Å². The van der Waals surface area contributed by atoms with Crippen LogP contribution in [0.15, 0.2) is 53.9 Å². The van der Waals surface area contributed by atoms with Crippen LogP contribution in [0.1, 0.15) is 49.4 Å². The van der Waals surface area contributed by atoms with Crippen molar-refractivity contribution in [1.82, 2.24) is 15.3 Å². The summed E-state index contributed by atoms with van der Waals surface area (Å²) in [7, 11) is 0. The zero-order chi connectivity index (χ0) is 23.9. The minimum Gasteiger partial charge on any atom is -0.349 e. The van der Waals surface area contributed by atoms with Gasteiger partial charge in [0.05, 0.1) is 32.9 Å². The molecule has 174 valence electrons. The minimum absolute atomic E-state index is 0.0700. The van der Waals surface area contributed by atoms with Crippen LogP contribution >= 0.6 is 11.6 Å². The Morgan fingerprint density at radius 3 is 2.71 bits per heavy atom. The molecule has 1 saturated carbocycles. The molecule has 3 aromatic rings. The average Bonchev–Trinajstić information content (AvgIpc) is 3.11. The SMILES string of the molecule is CCC1=NN(c2ccc(F)cc2Cl)C(=O)[C@]12CC[C@H](NC(=O)c1cccc3nccnc13)CC2. The predicted molar refractivity (Wildman–Crippen MR) is 128 cm³/mol. The lowest BCUT2D eigenvalue weighted by atomic mass is 9.68. The van der Waals surface area contributed by atoms with Gasteiger partial charge in [-0.15, -0.1) is 0 Å². The van der Waals surface area contributed by atoms with Crippen LogP contribution in [0.25, 0.3) is 11.0 Å². The average molecular weight is 480 g/mol. The number of aromatic nitrogens is 2. The van der Waals surface area contributed by atoms with Gasteiger partial charge in [-0.2, -0.15) is 10.1 Å². The molecule has 9 heteroatoms. The molecule has 0 saturated heterocycles. The third kappa shape index (κ3) is 3.72. The molecule has 2 amide bonds. The summed E-state index contributed by atoms with van der Waals surface area (Å²) < 4.78 is 13.5. The molecule has 0 radical (unpaired) electrons. The molecule has 1 N–H and O–H groups in total. The summed E-state index contributed by atoms with van der Waals surface area (Å²) in [5.74, 6) is -0.816. The van der Waals surface area contributed by atoms with Gasteiger partial charge < -0.3 is 5.32 Å². The number of carbonyl (C=O) groups is 2. The highest BCUT2D eigenvalue weighted by molar-refractivity contribution is 6.34. The number of hydrazone groups is 1. The molecule has 0 atom stereocenters. The molecule has 1 aliphatic heterocycles. The lowest BCUT2D eigenvalue weighted by Gasteiger charge is -2.36. The normalized spacial score (nSPS) is 22.3. The van der Waals surface area contributed by atoms with Crippen LogP contribution in [-0.4, -0.2) is 33.5 Å². The summed E-state index contributed by atoms with van der Waals surface area (Å²) >= 11 is 6.21. The van der Waals surface area contributed by atoms with Crippen LogP contribution in [0.2, 0.25) is 5.02 Å². The van der Waals surface area contributed by atoms with Crippen molar-refractivity contribution in [3.63, 3.8) is 0 Å². The third-order valence-electron chi connectivity index (χ3n) is 6.77. The van der Waals surface area contributed by atoms with Crippen molar-refractivity contribution < 1.29 is 14.0 Å². The van der Waals surface area contributed by atoms with E-state index in [1.54, 1.807) is 24.5 Å². The number of hydrogen-bond donors (Lipinski definition) is 1. The van der Waals surface area contributed by atoms with Crippen LogP contribution in [-0.2, 0) is 4.79 Å².